The van der Waals surface area contributed by atoms with Crippen molar-refractivity contribution < 1.29 is 9.53 Å². The molecule has 3 aromatic rings. The molecule has 0 fully saturated rings. The zero-order valence-corrected chi connectivity index (χ0v) is 20.1. The van der Waals surface area contributed by atoms with Gasteiger partial charge in [0.05, 0.1) is 6.20 Å². The second-order valence-electron chi connectivity index (χ2n) is 8.97. The summed E-state index contributed by atoms with van der Waals surface area (Å²) >= 11 is 0. The maximum absolute atomic E-state index is 12.7. The molecule has 0 saturated carbocycles. The number of nitrogens with one attached hydrogen (secondary N) is 3. The van der Waals surface area contributed by atoms with E-state index >= 15 is 0 Å². The van der Waals surface area contributed by atoms with Gasteiger partial charge < -0.3 is 15.4 Å². The highest BCUT2D eigenvalue weighted by molar-refractivity contribution is 5.94. The van der Waals surface area contributed by atoms with Gasteiger partial charge in [-0.3, -0.25) is 4.79 Å². The molecule has 0 aliphatic heterocycles. The lowest BCUT2D eigenvalue weighted by Crippen LogP contribution is -2.36. The summed E-state index contributed by atoms with van der Waals surface area (Å²) in [6.07, 6.45) is 8.70. The van der Waals surface area contributed by atoms with Gasteiger partial charge >= 0.3 is 0 Å². The molecule has 1 heterocycles. The van der Waals surface area contributed by atoms with Gasteiger partial charge in [0.2, 0.25) is 0 Å². The highest BCUT2D eigenvalue weighted by Gasteiger charge is 2.20. The Bertz CT molecular complexity index is 1050. The van der Waals surface area contributed by atoms with Crippen LogP contribution in [0.3, 0.4) is 0 Å². The first-order chi connectivity index (χ1) is 16.7. The van der Waals surface area contributed by atoms with Gasteiger partial charge in [-0.05, 0) is 80.3 Å². The Hall–Kier alpha value is -3.03. The molecule has 0 spiro atoms. The topological polar surface area (TPSA) is 91.9 Å². The van der Waals surface area contributed by atoms with Crippen LogP contribution in [-0.4, -0.2) is 47.2 Å². The number of benzene rings is 2. The molecular weight excluding hydrogens is 426 g/mol. The number of hydrogen-bond acceptors (Lipinski definition) is 5. The number of methoxy groups -OCH3 is 1. The van der Waals surface area contributed by atoms with Crippen LogP contribution in [0.15, 0.2) is 48.7 Å². The van der Waals surface area contributed by atoms with E-state index in [1.54, 1.807) is 25.4 Å². The van der Waals surface area contributed by atoms with E-state index in [9.17, 15) is 4.79 Å². The first-order valence-corrected chi connectivity index (χ1v) is 12.3. The number of nitrogens with zero attached hydrogens (tertiary/aromatic N) is 2. The van der Waals surface area contributed by atoms with Crippen molar-refractivity contribution in [1.82, 2.24) is 26.0 Å². The average Bonchev–Trinajstić information content (AvgIpc) is 3.42. The summed E-state index contributed by atoms with van der Waals surface area (Å²) in [5, 5.41) is 17.2. The fraction of sp³-hybridized carbons (Fsp3) is 0.444. The number of hydrogen-bond donors (Lipinski definition) is 3. The Morgan fingerprint density at radius 1 is 1.24 bits per heavy atom. The zero-order valence-electron chi connectivity index (χ0n) is 20.1. The Labute approximate surface area is 201 Å². The molecule has 1 aliphatic carbocycles. The SMILES string of the molecule is CCCN[C@H]1CCc2c(CCCC(NC(=O)c3ccc(-c4cn[nH]n4)cc3)OC)cccc2C1. The van der Waals surface area contributed by atoms with E-state index in [1.807, 2.05) is 12.1 Å². The number of aryl methyl sites for hydroxylation is 1. The number of H-pyrrole nitrogens is 1. The first kappa shape index (κ1) is 24.1. The van der Waals surface area contributed by atoms with E-state index in [2.05, 4.69) is 51.2 Å². The van der Waals surface area contributed by atoms with Crippen LogP contribution in [0, 0.1) is 0 Å². The van der Waals surface area contributed by atoms with Crippen LogP contribution in [0.1, 0.15) is 59.7 Å². The van der Waals surface area contributed by atoms with Gasteiger partial charge in [-0.1, -0.05) is 37.3 Å². The molecule has 0 bridgehead atoms. The predicted molar refractivity (Wildman–Crippen MR) is 134 cm³/mol. The molecule has 34 heavy (non-hydrogen) atoms. The van der Waals surface area contributed by atoms with E-state index in [-0.39, 0.29) is 12.1 Å². The van der Waals surface area contributed by atoms with Gasteiger partial charge in [-0.15, -0.1) is 0 Å². The number of aromatic nitrogens is 3. The minimum atomic E-state index is -0.315. The summed E-state index contributed by atoms with van der Waals surface area (Å²) in [4.78, 5) is 12.7. The Morgan fingerprint density at radius 2 is 2.09 bits per heavy atom. The quantitative estimate of drug-likeness (QED) is 0.375. The minimum absolute atomic E-state index is 0.138. The van der Waals surface area contributed by atoms with Gasteiger partial charge in [0.1, 0.15) is 11.9 Å². The molecule has 3 N–H and O–H groups in total. The van der Waals surface area contributed by atoms with Crippen LogP contribution < -0.4 is 10.6 Å². The van der Waals surface area contributed by atoms with Crippen molar-refractivity contribution in [2.24, 2.45) is 0 Å². The molecule has 7 heteroatoms. The molecule has 0 radical (unpaired) electrons. The van der Waals surface area contributed by atoms with Crippen molar-refractivity contribution in [1.29, 1.82) is 0 Å². The number of amides is 1. The lowest BCUT2D eigenvalue weighted by Gasteiger charge is -2.27. The van der Waals surface area contributed by atoms with Crippen LogP contribution in [0.25, 0.3) is 11.3 Å². The van der Waals surface area contributed by atoms with Crippen LogP contribution in [0.4, 0.5) is 0 Å². The Morgan fingerprint density at radius 3 is 2.82 bits per heavy atom. The van der Waals surface area contributed by atoms with Crippen LogP contribution >= 0.6 is 0 Å². The standard InChI is InChI=1S/C27H35N5O2/c1-3-16-28-23-14-15-24-19(6-4-8-22(24)17-23)7-5-9-26(34-2)30-27(33)21-12-10-20(11-13-21)25-18-29-32-31-25/h4,6,8,10-13,18,23,26,28H,3,5,7,9,14-17H2,1-2H3,(H,30,33)(H,29,31,32)/t23-,26?/m0/s1. The predicted octanol–water partition coefficient (Wildman–Crippen LogP) is 4.05. The molecule has 1 aromatic heterocycles. The summed E-state index contributed by atoms with van der Waals surface area (Å²) in [6, 6.07) is 14.7. The Kier molecular flexibility index (Phi) is 8.44. The van der Waals surface area contributed by atoms with Crippen molar-refractivity contribution in [3.63, 3.8) is 0 Å². The normalized spacial score (nSPS) is 16.1. The molecule has 7 nitrogen and oxygen atoms in total. The van der Waals surface area contributed by atoms with E-state index in [1.165, 1.54) is 29.5 Å². The molecule has 4 rings (SSSR count). The summed E-state index contributed by atoms with van der Waals surface area (Å²) < 4.78 is 5.56. The molecule has 180 valence electrons. The molecule has 1 amide bonds. The highest BCUT2D eigenvalue weighted by Crippen LogP contribution is 2.26. The van der Waals surface area contributed by atoms with Gasteiger partial charge in [-0.25, -0.2) is 0 Å². The van der Waals surface area contributed by atoms with Gasteiger partial charge in [0.15, 0.2) is 0 Å². The molecule has 2 atom stereocenters. The van der Waals surface area contributed by atoms with Crippen molar-refractivity contribution in [3.8, 4) is 11.3 Å². The van der Waals surface area contributed by atoms with Crippen molar-refractivity contribution >= 4 is 5.91 Å². The van der Waals surface area contributed by atoms with Crippen molar-refractivity contribution in [2.75, 3.05) is 13.7 Å². The lowest BCUT2D eigenvalue weighted by atomic mass is 9.84. The number of rotatable bonds is 11. The van der Waals surface area contributed by atoms with Crippen molar-refractivity contribution in [3.05, 3.63) is 70.9 Å². The van der Waals surface area contributed by atoms with Crippen LogP contribution in [0.2, 0.25) is 0 Å². The minimum Gasteiger partial charge on any atom is -0.362 e. The van der Waals surface area contributed by atoms with Gasteiger partial charge in [0, 0.05) is 24.3 Å². The van der Waals surface area contributed by atoms with E-state index < -0.39 is 0 Å². The maximum Gasteiger partial charge on any atom is 0.253 e. The largest absolute Gasteiger partial charge is 0.362 e. The number of fused-ring (bicyclic) bond motifs is 1. The number of carbonyl (C=O) groups is 1. The van der Waals surface area contributed by atoms with E-state index in [0.717, 1.165) is 49.9 Å². The Balaban J connectivity index is 1.28. The van der Waals surface area contributed by atoms with E-state index in [0.29, 0.717) is 11.6 Å². The maximum atomic E-state index is 12.7. The molecule has 1 unspecified atom stereocenters. The lowest BCUT2D eigenvalue weighted by molar-refractivity contribution is 0.0530. The molecular formula is C27H35N5O2. The summed E-state index contributed by atoms with van der Waals surface area (Å²) in [7, 11) is 1.65. The summed E-state index contributed by atoms with van der Waals surface area (Å²) in [5.41, 5.74) is 6.71. The van der Waals surface area contributed by atoms with Crippen molar-refractivity contribution in [2.45, 2.75) is 64.1 Å². The second kappa shape index (κ2) is 11.9. The molecule has 0 saturated heterocycles. The third-order valence-electron chi connectivity index (χ3n) is 6.61. The number of aromatic amines is 1. The number of ether oxygens (including phenoxy) is 1. The zero-order chi connectivity index (χ0) is 23.8. The van der Waals surface area contributed by atoms with Gasteiger partial charge in [-0.2, -0.15) is 15.4 Å². The molecule has 1 aliphatic rings. The fourth-order valence-electron chi connectivity index (χ4n) is 4.73. The third kappa shape index (κ3) is 6.10. The first-order valence-electron chi connectivity index (χ1n) is 12.3. The van der Waals surface area contributed by atoms with Gasteiger partial charge in [0.25, 0.3) is 5.91 Å². The second-order valence-corrected chi connectivity index (χ2v) is 8.97. The van der Waals surface area contributed by atoms with Crippen LogP contribution in [0.5, 0.6) is 0 Å². The highest BCUT2D eigenvalue weighted by atomic mass is 16.5. The number of carbonyl (C=O) groups excluding carboxylic acids is 1. The van der Waals surface area contributed by atoms with E-state index in [4.69, 9.17) is 4.74 Å². The average molecular weight is 462 g/mol. The third-order valence-corrected chi connectivity index (χ3v) is 6.61. The summed E-state index contributed by atoms with van der Waals surface area (Å²) in [6.45, 7) is 3.31. The smallest absolute Gasteiger partial charge is 0.253 e. The van der Waals surface area contributed by atoms with Crippen LogP contribution in [-0.2, 0) is 24.0 Å². The molecule has 2 aromatic carbocycles. The monoisotopic (exact) mass is 461 g/mol. The summed E-state index contributed by atoms with van der Waals surface area (Å²) in [5.74, 6) is -0.138. The fourth-order valence-corrected chi connectivity index (χ4v) is 4.73.